The van der Waals surface area contributed by atoms with Gasteiger partial charge >= 0.3 is 50.5 Å². The molecule has 4 rings (SSSR count). The van der Waals surface area contributed by atoms with Gasteiger partial charge in [-0.25, -0.2) is 0 Å². The number of hydrogen-bond acceptors (Lipinski definition) is 4. The number of hydrogen-bond donors (Lipinski definition) is 2. The topological polar surface area (TPSA) is 47.6 Å². The Balaban J connectivity index is 0.000000210. The zero-order valence-electron chi connectivity index (χ0n) is 15.7. The zero-order chi connectivity index (χ0) is 19.9. The number of carbonyl (C=O) groups is 1. The molecule has 0 aromatic rings. The Labute approximate surface area is 212 Å². The molecule has 0 saturated carbocycles. The minimum atomic E-state index is 0.256. The van der Waals surface area contributed by atoms with Crippen LogP contribution in [0.3, 0.4) is 0 Å². The van der Waals surface area contributed by atoms with Crippen LogP contribution in [0.1, 0.15) is 13.8 Å². The van der Waals surface area contributed by atoms with E-state index in [2.05, 4.69) is 123 Å². The maximum atomic E-state index is 11.3. The molecule has 5 nitrogen and oxygen atoms in total. The van der Waals surface area contributed by atoms with E-state index in [0.717, 1.165) is 31.0 Å². The van der Waals surface area contributed by atoms with E-state index in [4.69, 9.17) is 0 Å². The summed E-state index contributed by atoms with van der Waals surface area (Å²) >= 11 is 9.54. The Bertz CT molecular complexity index is 433. The molecule has 4 fully saturated rings. The Morgan fingerprint density at radius 2 is 1.50 bits per heavy atom. The fourth-order valence-corrected chi connectivity index (χ4v) is 4.65. The van der Waals surface area contributed by atoms with E-state index in [1.54, 1.807) is 0 Å². The van der Waals surface area contributed by atoms with Crippen LogP contribution in [0.2, 0.25) is 0 Å². The van der Waals surface area contributed by atoms with Crippen LogP contribution in [-0.4, -0.2) is 74.6 Å². The van der Waals surface area contributed by atoms with Gasteiger partial charge in [0.1, 0.15) is 0 Å². The molecular formula is C16H30I5N4O-. The van der Waals surface area contributed by atoms with Gasteiger partial charge in [0.15, 0.2) is 0 Å². The third kappa shape index (κ3) is 7.92. The molecule has 10 heteroatoms. The molecule has 4 heterocycles. The SMILES string of the molecule is CC1NC(=O)C2CN(C)CC12.CC1NCC2CN(C)CC21.II.I[I-]I. The van der Waals surface area contributed by atoms with Crippen LogP contribution in [0.4, 0.5) is 0 Å². The van der Waals surface area contributed by atoms with Crippen LogP contribution in [0, 0.1) is 23.7 Å². The van der Waals surface area contributed by atoms with Crippen molar-refractivity contribution >= 4 is 80.4 Å². The van der Waals surface area contributed by atoms with Crippen molar-refractivity contribution in [1.82, 2.24) is 20.4 Å². The standard InChI is InChI=1S/C8H14N2O.C8H16N2.I3.I2/c1-5-6-3-10(2)4-7(6)8(11)9-5;1-6-8-5-10(2)4-7(8)3-9-6;1-3-2;1-2/h5-7H,3-4H2,1-2H3,(H,9,11);6-9H,3-5H2,1-2H3;;/q;;-1;. The van der Waals surface area contributed by atoms with Gasteiger partial charge in [0.05, 0.1) is 5.92 Å². The molecule has 4 aliphatic heterocycles. The van der Waals surface area contributed by atoms with Gasteiger partial charge in [0.2, 0.25) is 5.91 Å². The molecule has 1 amide bonds. The molecule has 0 aromatic carbocycles. The number of carbonyl (C=O) groups excluding carboxylic acids is 1. The number of rotatable bonds is 0. The second kappa shape index (κ2) is 14.1. The predicted molar refractivity (Wildman–Crippen MR) is 140 cm³/mol. The summed E-state index contributed by atoms with van der Waals surface area (Å²) < 4.78 is 0. The second-order valence-electron chi connectivity index (χ2n) is 7.68. The summed E-state index contributed by atoms with van der Waals surface area (Å²) in [6.07, 6.45) is 0. The summed E-state index contributed by atoms with van der Waals surface area (Å²) in [6, 6.07) is 1.15. The third-order valence-electron chi connectivity index (χ3n) is 5.92. The van der Waals surface area contributed by atoms with E-state index in [0.29, 0.717) is 25.2 Å². The molecule has 156 valence electrons. The summed E-state index contributed by atoms with van der Waals surface area (Å²) in [5.41, 5.74) is 0. The Kier molecular flexibility index (Phi) is 14.7. The van der Waals surface area contributed by atoms with Crippen LogP contribution < -0.4 is 23.9 Å². The average Bonchev–Trinajstić information content (AvgIpc) is 3.31. The maximum absolute atomic E-state index is 11.3. The van der Waals surface area contributed by atoms with E-state index in [-0.39, 0.29) is 11.8 Å². The van der Waals surface area contributed by atoms with Gasteiger partial charge in [-0.05, 0) is 46.3 Å². The number of nitrogens with one attached hydrogen (secondary N) is 2. The van der Waals surface area contributed by atoms with Gasteiger partial charge in [-0.1, -0.05) is 0 Å². The number of likely N-dealkylation sites (tertiary alicyclic amines) is 2. The van der Waals surface area contributed by atoms with Crippen molar-refractivity contribution in [3.63, 3.8) is 0 Å². The molecule has 2 N–H and O–H groups in total. The summed E-state index contributed by atoms with van der Waals surface area (Å²) in [5, 5.41) is 6.49. The van der Waals surface area contributed by atoms with Crippen LogP contribution in [0.15, 0.2) is 0 Å². The molecule has 6 unspecified atom stereocenters. The number of halogens is 5. The van der Waals surface area contributed by atoms with Gasteiger partial charge in [-0.15, -0.1) is 0 Å². The molecule has 0 aromatic heterocycles. The fraction of sp³-hybridized carbons (Fsp3) is 0.938. The number of amides is 1. The van der Waals surface area contributed by atoms with E-state index in [9.17, 15) is 4.79 Å². The van der Waals surface area contributed by atoms with Crippen molar-refractivity contribution in [2.45, 2.75) is 25.9 Å². The molecule has 6 atom stereocenters. The Hall–Kier alpha value is 3.00. The molecule has 4 saturated heterocycles. The molecule has 0 spiro atoms. The predicted octanol–water partition coefficient (Wildman–Crippen LogP) is 0.385. The summed E-state index contributed by atoms with van der Waals surface area (Å²) in [5.74, 6) is 2.97. The van der Waals surface area contributed by atoms with Gasteiger partial charge < -0.3 is 20.4 Å². The van der Waals surface area contributed by atoms with Gasteiger partial charge in [0, 0.05) is 81.4 Å². The molecule has 4 aliphatic rings. The van der Waals surface area contributed by atoms with Gasteiger partial charge in [-0.3, -0.25) is 4.79 Å². The van der Waals surface area contributed by atoms with Crippen LogP contribution in [0.5, 0.6) is 0 Å². The first-order valence-electron chi connectivity index (χ1n) is 8.79. The van der Waals surface area contributed by atoms with E-state index in [1.165, 1.54) is 19.6 Å². The molecule has 0 aliphatic carbocycles. The minimum absolute atomic E-state index is 0.256. The van der Waals surface area contributed by atoms with Crippen LogP contribution in [0.25, 0.3) is 0 Å². The van der Waals surface area contributed by atoms with Gasteiger partial charge in [-0.2, -0.15) is 0 Å². The first-order valence-corrected chi connectivity index (χ1v) is 27.6. The first kappa shape index (κ1) is 27.0. The average molecular weight is 929 g/mol. The van der Waals surface area contributed by atoms with Crippen molar-refractivity contribution in [3.05, 3.63) is 0 Å². The van der Waals surface area contributed by atoms with Crippen molar-refractivity contribution in [2.75, 3.05) is 46.8 Å². The summed E-state index contributed by atoms with van der Waals surface area (Å²) in [6.45, 7) is 10.3. The molecular weight excluding hydrogens is 899 g/mol. The third-order valence-corrected chi connectivity index (χ3v) is 5.92. The van der Waals surface area contributed by atoms with Crippen molar-refractivity contribution in [2.24, 2.45) is 23.7 Å². The number of nitrogens with zero attached hydrogens (tertiary/aromatic N) is 2. The normalized spacial score (nSPS) is 38.2. The summed E-state index contributed by atoms with van der Waals surface area (Å²) in [4.78, 5) is 16.0. The monoisotopic (exact) mass is 929 g/mol. The van der Waals surface area contributed by atoms with Gasteiger partial charge in [0.25, 0.3) is 0 Å². The van der Waals surface area contributed by atoms with Crippen molar-refractivity contribution in [3.8, 4) is 0 Å². The Morgan fingerprint density at radius 1 is 0.962 bits per heavy atom. The van der Waals surface area contributed by atoms with Crippen molar-refractivity contribution in [1.29, 1.82) is 0 Å². The van der Waals surface area contributed by atoms with E-state index in [1.807, 2.05) is 0 Å². The first-order chi connectivity index (χ1) is 12.4. The van der Waals surface area contributed by atoms with Crippen LogP contribution >= 0.6 is 74.5 Å². The van der Waals surface area contributed by atoms with E-state index < -0.39 is 0 Å². The zero-order valence-corrected chi connectivity index (χ0v) is 26.5. The molecule has 0 radical (unpaired) electrons. The number of fused-ring (bicyclic) bond motifs is 2. The molecule has 26 heavy (non-hydrogen) atoms. The Morgan fingerprint density at radius 3 is 2.04 bits per heavy atom. The fourth-order valence-electron chi connectivity index (χ4n) is 4.65. The van der Waals surface area contributed by atoms with Crippen LogP contribution in [-0.2, 0) is 4.79 Å². The quantitative estimate of drug-likeness (QED) is 0.346. The summed E-state index contributed by atoms with van der Waals surface area (Å²) in [7, 11) is 4.31. The second-order valence-corrected chi connectivity index (χ2v) is 23.9. The van der Waals surface area contributed by atoms with E-state index >= 15 is 0 Å². The van der Waals surface area contributed by atoms with Crippen molar-refractivity contribution < 1.29 is 18.0 Å². The molecule has 0 bridgehead atoms.